The van der Waals surface area contributed by atoms with Crippen LogP contribution in [0.25, 0.3) is 0 Å². The van der Waals surface area contributed by atoms with Gasteiger partial charge in [-0.05, 0) is 58.1 Å². The van der Waals surface area contributed by atoms with Crippen molar-refractivity contribution >= 4 is 0 Å². The zero-order valence-electron chi connectivity index (χ0n) is 13.5. The summed E-state index contributed by atoms with van der Waals surface area (Å²) in [6.07, 6.45) is 9.56. The number of hydrogen-bond acceptors (Lipinski definition) is 2. The van der Waals surface area contributed by atoms with Crippen LogP contribution in [0.3, 0.4) is 0 Å². The molecule has 0 bridgehead atoms. The summed E-state index contributed by atoms with van der Waals surface area (Å²) in [4.78, 5) is 0. The third-order valence-corrected chi connectivity index (χ3v) is 4.75. The van der Waals surface area contributed by atoms with E-state index in [9.17, 15) is 0 Å². The normalized spacial score (nSPS) is 23.8. The molecule has 0 saturated heterocycles. The maximum absolute atomic E-state index is 4.52. The van der Waals surface area contributed by atoms with E-state index in [-0.39, 0.29) is 0 Å². The topological polar surface area (TPSA) is 29.9 Å². The predicted octanol–water partition coefficient (Wildman–Crippen LogP) is 3.84. The van der Waals surface area contributed by atoms with Crippen molar-refractivity contribution < 1.29 is 0 Å². The second kappa shape index (κ2) is 7.82. The van der Waals surface area contributed by atoms with Gasteiger partial charge in [0, 0.05) is 18.3 Å². The Hall–Kier alpha value is -0.830. The van der Waals surface area contributed by atoms with Crippen LogP contribution < -0.4 is 5.32 Å². The van der Waals surface area contributed by atoms with Gasteiger partial charge in [-0.1, -0.05) is 26.2 Å². The lowest BCUT2D eigenvalue weighted by Crippen LogP contribution is -2.30. The van der Waals surface area contributed by atoms with Gasteiger partial charge in [-0.15, -0.1) is 0 Å². The van der Waals surface area contributed by atoms with Gasteiger partial charge in [0.15, 0.2) is 0 Å². The predicted molar refractivity (Wildman–Crippen MR) is 85.0 cm³/mol. The first kappa shape index (κ1) is 15.6. The largest absolute Gasteiger partial charge is 0.314 e. The lowest BCUT2D eigenvalue weighted by molar-refractivity contribution is 0.417. The standard InChI is InChI=1S/C17H31N3/c1-4-16-7-5-8-17(10-9-16)18-11-6-12-20-15(3)13-14(2)19-20/h13,16-18H,4-12H2,1-3H3. The van der Waals surface area contributed by atoms with Gasteiger partial charge >= 0.3 is 0 Å². The Labute approximate surface area is 124 Å². The van der Waals surface area contributed by atoms with Crippen LogP contribution in [-0.4, -0.2) is 22.4 Å². The summed E-state index contributed by atoms with van der Waals surface area (Å²) >= 11 is 0. The molecule has 0 aromatic carbocycles. The number of aromatic nitrogens is 2. The fraction of sp³-hybridized carbons (Fsp3) is 0.824. The van der Waals surface area contributed by atoms with Gasteiger partial charge < -0.3 is 5.32 Å². The highest BCUT2D eigenvalue weighted by molar-refractivity contribution is 5.06. The first-order valence-electron chi connectivity index (χ1n) is 8.43. The number of nitrogens with one attached hydrogen (secondary N) is 1. The molecule has 20 heavy (non-hydrogen) atoms. The van der Waals surface area contributed by atoms with Crippen molar-refractivity contribution in [2.75, 3.05) is 6.54 Å². The van der Waals surface area contributed by atoms with Gasteiger partial charge in [-0.25, -0.2) is 0 Å². The molecule has 1 fully saturated rings. The maximum atomic E-state index is 4.52. The van der Waals surface area contributed by atoms with E-state index in [4.69, 9.17) is 0 Å². The highest BCUT2D eigenvalue weighted by Crippen LogP contribution is 2.25. The molecule has 1 aliphatic carbocycles. The van der Waals surface area contributed by atoms with Crippen LogP contribution in [-0.2, 0) is 6.54 Å². The lowest BCUT2D eigenvalue weighted by atomic mass is 9.98. The number of hydrogen-bond donors (Lipinski definition) is 1. The van der Waals surface area contributed by atoms with Crippen molar-refractivity contribution in [3.05, 3.63) is 17.5 Å². The highest BCUT2D eigenvalue weighted by atomic mass is 15.3. The molecule has 2 rings (SSSR count). The third-order valence-electron chi connectivity index (χ3n) is 4.75. The van der Waals surface area contributed by atoms with Crippen molar-refractivity contribution in [2.45, 2.75) is 78.3 Å². The van der Waals surface area contributed by atoms with Gasteiger partial charge in [0.05, 0.1) is 5.69 Å². The van der Waals surface area contributed by atoms with Crippen molar-refractivity contribution in [1.82, 2.24) is 15.1 Å². The van der Waals surface area contributed by atoms with E-state index in [1.165, 1.54) is 50.6 Å². The zero-order chi connectivity index (χ0) is 14.4. The summed E-state index contributed by atoms with van der Waals surface area (Å²) in [5.74, 6) is 0.983. The molecule has 1 aromatic heterocycles. The second-order valence-electron chi connectivity index (χ2n) is 6.44. The van der Waals surface area contributed by atoms with Crippen LogP contribution in [0.4, 0.5) is 0 Å². The van der Waals surface area contributed by atoms with Crippen LogP contribution in [0.2, 0.25) is 0 Å². The molecule has 0 radical (unpaired) electrons. The van der Waals surface area contributed by atoms with E-state index in [0.29, 0.717) is 0 Å². The molecule has 114 valence electrons. The Morgan fingerprint density at radius 2 is 2.10 bits per heavy atom. The van der Waals surface area contributed by atoms with Crippen molar-refractivity contribution in [3.63, 3.8) is 0 Å². The van der Waals surface area contributed by atoms with Crippen molar-refractivity contribution in [1.29, 1.82) is 0 Å². The Balaban J connectivity index is 1.64. The highest BCUT2D eigenvalue weighted by Gasteiger charge is 2.16. The monoisotopic (exact) mass is 277 g/mol. The first-order chi connectivity index (χ1) is 9.69. The fourth-order valence-electron chi connectivity index (χ4n) is 3.43. The summed E-state index contributed by atoms with van der Waals surface area (Å²) in [5, 5.41) is 8.28. The minimum atomic E-state index is 0.756. The molecule has 3 heteroatoms. The number of rotatable bonds is 6. The van der Waals surface area contributed by atoms with Crippen LogP contribution in [0.1, 0.15) is 63.3 Å². The molecule has 0 aliphatic heterocycles. The molecule has 3 nitrogen and oxygen atoms in total. The van der Waals surface area contributed by atoms with Gasteiger partial charge in [-0.2, -0.15) is 5.10 Å². The number of nitrogens with zero attached hydrogens (tertiary/aromatic N) is 2. The average molecular weight is 277 g/mol. The fourth-order valence-corrected chi connectivity index (χ4v) is 3.43. The van der Waals surface area contributed by atoms with Crippen LogP contribution >= 0.6 is 0 Å². The van der Waals surface area contributed by atoms with E-state index in [1.54, 1.807) is 0 Å². The minimum absolute atomic E-state index is 0.756. The Kier molecular flexibility index (Phi) is 6.08. The Morgan fingerprint density at radius 3 is 2.80 bits per heavy atom. The first-order valence-corrected chi connectivity index (χ1v) is 8.43. The number of aryl methyl sites for hydroxylation is 3. The summed E-state index contributed by atoms with van der Waals surface area (Å²) in [5.41, 5.74) is 2.41. The molecule has 1 N–H and O–H groups in total. The minimum Gasteiger partial charge on any atom is -0.314 e. The van der Waals surface area contributed by atoms with Crippen molar-refractivity contribution in [3.8, 4) is 0 Å². The van der Waals surface area contributed by atoms with E-state index in [2.05, 4.69) is 41.9 Å². The molecule has 1 aliphatic rings. The van der Waals surface area contributed by atoms with Gasteiger partial charge in [0.25, 0.3) is 0 Å². The van der Waals surface area contributed by atoms with Crippen LogP contribution in [0.15, 0.2) is 6.07 Å². The Bertz CT molecular complexity index is 397. The summed E-state index contributed by atoms with van der Waals surface area (Å²) in [6.45, 7) is 8.71. The van der Waals surface area contributed by atoms with E-state index in [0.717, 1.165) is 30.7 Å². The summed E-state index contributed by atoms with van der Waals surface area (Å²) < 4.78 is 2.14. The zero-order valence-corrected chi connectivity index (χ0v) is 13.5. The average Bonchev–Trinajstić information content (AvgIpc) is 2.65. The molecule has 2 atom stereocenters. The van der Waals surface area contributed by atoms with E-state index in [1.807, 2.05) is 0 Å². The molecule has 1 aromatic rings. The van der Waals surface area contributed by atoms with Gasteiger partial charge in [0.1, 0.15) is 0 Å². The van der Waals surface area contributed by atoms with Gasteiger partial charge in [-0.3, -0.25) is 4.68 Å². The van der Waals surface area contributed by atoms with E-state index < -0.39 is 0 Å². The Morgan fingerprint density at radius 1 is 1.25 bits per heavy atom. The molecule has 0 spiro atoms. The molecule has 1 heterocycles. The lowest BCUT2D eigenvalue weighted by Gasteiger charge is -2.16. The third kappa shape index (κ3) is 4.62. The summed E-state index contributed by atoms with van der Waals surface area (Å²) in [6, 6.07) is 2.91. The van der Waals surface area contributed by atoms with Crippen molar-refractivity contribution in [2.24, 2.45) is 5.92 Å². The molecule has 2 unspecified atom stereocenters. The van der Waals surface area contributed by atoms with E-state index >= 15 is 0 Å². The smallest absolute Gasteiger partial charge is 0.0596 e. The van der Waals surface area contributed by atoms with Crippen LogP contribution in [0, 0.1) is 19.8 Å². The molecular weight excluding hydrogens is 246 g/mol. The van der Waals surface area contributed by atoms with Gasteiger partial charge in [0.2, 0.25) is 0 Å². The SMILES string of the molecule is CCC1CCCC(NCCCn2nc(C)cc2C)CC1. The molecule has 1 saturated carbocycles. The van der Waals surface area contributed by atoms with Crippen LogP contribution in [0.5, 0.6) is 0 Å². The molecule has 0 amide bonds. The maximum Gasteiger partial charge on any atom is 0.0596 e. The second-order valence-corrected chi connectivity index (χ2v) is 6.44. The summed E-state index contributed by atoms with van der Waals surface area (Å²) in [7, 11) is 0. The molecular formula is C17H31N3. The quantitative estimate of drug-likeness (QED) is 0.632.